The third-order valence-electron chi connectivity index (χ3n) is 2.92. The quantitative estimate of drug-likeness (QED) is 0.872. The van der Waals surface area contributed by atoms with Crippen molar-refractivity contribution in [1.29, 1.82) is 0 Å². The Kier molecular flexibility index (Phi) is 4.38. The average molecular weight is 265 g/mol. The Morgan fingerprint density at radius 3 is 3.00 bits per heavy atom. The van der Waals surface area contributed by atoms with Crippen LogP contribution in [0, 0.1) is 0 Å². The molecule has 0 aliphatic carbocycles. The lowest BCUT2D eigenvalue weighted by Gasteiger charge is -2.19. The molecular weight excluding hydrogens is 246 g/mol. The zero-order valence-electron chi connectivity index (χ0n) is 11.0. The van der Waals surface area contributed by atoms with Crippen molar-refractivity contribution in [3.05, 3.63) is 34.3 Å². The van der Waals surface area contributed by atoms with Gasteiger partial charge in [0.25, 0.3) is 0 Å². The minimum absolute atomic E-state index is 0.138. The zero-order valence-corrected chi connectivity index (χ0v) is 11.8. The summed E-state index contributed by atoms with van der Waals surface area (Å²) in [4.78, 5) is 0. The van der Waals surface area contributed by atoms with Gasteiger partial charge in [0, 0.05) is 7.05 Å². The first-order chi connectivity index (χ1) is 8.77. The van der Waals surface area contributed by atoms with E-state index in [0.29, 0.717) is 0 Å². The highest BCUT2D eigenvalue weighted by molar-refractivity contribution is 7.08. The molecule has 4 nitrogen and oxygen atoms in total. The summed E-state index contributed by atoms with van der Waals surface area (Å²) in [5.41, 5.74) is 2.33. The van der Waals surface area contributed by atoms with Gasteiger partial charge >= 0.3 is 0 Å². The van der Waals surface area contributed by atoms with Crippen LogP contribution in [-0.4, -0.2) is 23.4 Å². The average Bonchev–Trinajstić information content (AvgIpc) is 3.01. The maximum Gasteiger partial charge on any atom is 0.161 e. The number of nitrogens with zero attached hydrogens (tertiary/aromatic N) is 2. The molecule has 0 saturated heterocycles. The van der Waals surface area contributed by atoms with E-state index in [1.165, 1.54) is 5.56 Å². The van der Waals surface area contributed by atoms with E-state index in [0.717, 1.165) is 24.4 Å². The minimum atomic E-state index is 0.138. The van der Waals surface area contributed by atoms with Crippen molar-refractivity contribution in [2.75, 3.05) is 13.7 Å². The van der Waals surface area contributed by atoms with Crippen LogP contribution in [0.4, 0.5) is 0 Å². The monoisotopic (exact) mass is 265 g/mol. The predicted molar refractivity (Wildman–Crippen MR) is 74.2 cm³/mol. The highest BCUT2D eigenvalue weighted by Crippen LogP contribution is 2.30. The van der Waals surface area contributed by atoms with E-state index < -0.39 is 0 Å². The second-order valence-electron chi connectivity index (χ2n) is 4.17. The lowest BCUT2D eigenvalue weighted by Crippen LogP contribution is -2.25. The molecule has 0 aliphatic rings. The van der Waals surface area contributed by atoms with Crippen LogP contribution >= 0.6 is 11.3 Å². The molecule has 1 unspecified atom stereocenters. The molecular formula is C13H19N3OS. The first kappa shape index (κ1) is 13.1. The molecule has 1 atom stereocenters. The van der Waals surface area contributed by atoms with Crippen LogP contribution < -0.4 is 10.1 Å². The first-order valence-corrected chi connectivity index (χ1v) is 7.03. The van der Waals surface area contributed by atoms with Gasteiger partial charge in [0.1, 0.15) is 5.69 Å². The van der Waals surface area contributed by atoms with Crippen molar-refractivity contribution in [2.24, 2.45) is 7.05 Å². The summed E-state index contributed by atoms with van der Waals surface area (Å²) >= 11 is 1.71. The number of methoxy groups -OCH3 is 1. The van der Waals surface area contributed by atoms with Gasteiger partial charge in [-0.25, -0.2) is 0 Å². The second-order valence-corrected chi connectivity index (χ2v) is 4.95. The number of aryl methyl sites for hydroxylation is 1. The lowest BCUT2D eigenvalue weighted by molar-refractivity contribution is 0.400. The number of ether oxygens (including phenoxy) is 1. The van der Waals surface area contributed by atoms with Crippen molar-refractivity contribution >= 4 is 11.3 Å². The summed E-state index contributed by atoms with van der Waals surface area (Å²) in [6.07, 6.45) is 2.86. The lowest BCUT2D eigenvalue weighted by atomic mass is 10.1. The molecule has 2 aromatic rings. The Balaban J connectivity index is 2.36. The van der Waals surface area contributed by atoms with Gasteiger partial charge in [-0.05, 0) is 35.4 Å². The number of aromatic nitrogens is 2. The Morgan fingerprint density at radius 1 is 1.56 bits per heavy atom. The predicted octanol–water partition coefficient (Wildman–Crippen LogP) is 2.58. The highest BCUT2D eigenvalue weighted by atomic mass is 32.1. The van der Waals surface area contributed by atoms with Gasteiger partial charge < -0.3 is 10.1 Å². The Morgan fingerprint density at radius 2 is 2.39 bits per heavy atom. The molecule has 2 rings (SSSR count). The van der Waals surface area contributed by atoms with Crippen LogP contribution in [-0.2, 0) is 7.05 Å². The molecule has 5 heteroatoms. The SMILES string of the molecule is CCCNC(c1ccsc1)c1c(OC)cnn1C. The fourth-order valence-corrected chi connectivity index (χ4v) is 2.70. The molecule has 0 aromatic carbocycles. The Hall–Kier alpha value is -1.33. The standard InChI is InChI=1S/C13H19N3OS/c1-4-6-14-12(10-5-7-18-9-10)13-11(17-3)8-15-16(13)2/h5,7-9,12,14H,4,6H2,1-3H3. The fraction of sp³-hybridized carbons (Fsp3) is 0.462. The number of hydrogen-bond acceptors (Lipinski definition) is 4. The van der Waals surface area contributed by atoms with E-state index in [-0.39, 0.29) is 6.04 Å². The van der Waals surface area contributed by atoms with Crippen molar-refractivity contribution in [2.45, 2.75) is 19.4 Å². The van der Waals surface area contributed by atoms with Gasteiger partial charge in [-0.3, -0.25) is 4.68 Å². The normalized spacial score (nSPS) is 12.6. The number of nitrogens with one attached hydrogen (secondary N) is 1. The maximum atomic E-state index is 5.41. The van der Waals surface area contributed by atoms with Crippen LogP contribution in [0.3, 0.4) is 0 Å². The Bertz CT molecular complexity index is 478. The van der Waals surface area contributed by atoms with E-state index in [4.69, 9.17) is 4.74 Å². The molecule has 18 heavy (non-hydrogen) atoms. The molecule has 98 valence electrons. The molecule has 0 spiro atoms. The van der Waals surface area contributed by atoms with Crippen molar-refractivity contribution in [1.82, 2.24) is 15.1 Å². The Labute approximate surface area is 112 Å². The number of rotatable bonds is 6. The molecule has 0 amide bonds. The summed E-state index contributed by atoms with van der Waals surface area (Å²) in [5.74, 6) is 0.831. The van der Waals surface area contributed by atoms with E-state index in [1.54, 1.807) is 24.6 Å². The summed E-state index contributed by atoms with van der Waals surface area (Å²) < 4.78 is 7.28. The summed E-state index contributed by atoms with van der Waals surface area (Å²) in [5, 5.41) is 12.1. The molecule has 2 heterocycles. The third-order valence-corrected chi connectivity index (χ3v) is 3.62. The first-order valence-electron chi connectivity index (χ1n) is 6.09. The van der Waals surface area contributed by atoms with Crippen molar-refractivity contribution < 1.29 is 4.74 Å². The van der Waals surface area contributed by atoms with Gasteiger partial charge in [-0.15, -0.1) is 0 Å². The molecule has 0 fully saturated rings. The van der Waals surface area contributed by atoms with E-state index in [9.17, 15) is 0 Å². The number of thiophene rings is 1. The van der Waals surface area contributed by atoms with Gasteiger partial charge in [0.15, 0.2) is 5.75 Å². The van der Waals surface area contributed by atoms with E-state index in [1.807, 2.05) is 11.7 Å². The van der Waals surface area contributed by atoms with Gasteiger partial charge in [0.2, 0.25) is 0 Å². The second kappa shape index (κ2) is 6.02. The van der Waals surface area contributed by atoms with Crippen LogP contribution in [0.2, 0.25) is 0 Å². The van der Waals surface area contributed by atoms with Crippen LogP contribution in [0.5, 0.6) is 5.75 Å². The van der Waals surface area contributed by atoms with E-state index >= 15 is 0 Å². The molecule has 0 bridgehead atoms. The van der Waals surface area contributed by atoms with Gasteiger partial charge in [-0.2, -0.15) is 16.4 Å². The van der Waals surface area contributed by atoms with Crippen LogP contribution in [0.25, 0.3) is 0 Å². The topological polar surface area (TPSA) is 39.1 Å². The smallest absolute Gasteiger partial charge is 0.161 e. The maximum absolute atomic E-state index is 5.41. The van der Waals surface area contributed by atoms with Crippen LogP contribution in [0.15, 0.2) is 23.0 Å². The summed E-state index contributed by atoms with van der Waals surface area (Å²) in [6.45, 7) is 3.13. The summed E-state index contributed by atoms with van der Waals surface area (Å²) in [6, 6.07) is 2.28. The highest BCUT2D eigenvalue weighted by Gasteiger charge is 2.22. The number of hydrogen-bond donors (Lipinski definition) is 1. The van der Waals surface area contributed by atoms with Gasteiger partial charge in [0.05, 0.1) is 19.3 Å². The van der Waals surface area contributed by atoms with E-state index in [2.05, 4.69) is 34.2 Å². The third kappa shape index (κ3) is 2.57. The molecule has 0 aliphatic heterocycles. The van der Waals surface area contributed by atoms with Crippen LogP contribution in [0.1, 0.15) is 30.6 Å². The van der Waals surface area contributed by atoms with Crippen molar-refractivity contribution in [3.8, 4) is 5.75 Å². The molecule has 1 N–H and O–H groups in total. The van der Waals surface area contributed by atoms with Crippen molar-refractivity contribution in [3.63, 3.8) is 0 Å². The summed E-state index contributed by atoms with van der Waals surface area (Å²) in [7, 11) is 3.63. The molecule has 0 radical (unpaired) electrons. The fourth-order valence-electron chi connectivity index (χ4n) is 2.01. The largest absolute Gasteiger partial charge is 0.493 e. The van der Waals surface area contributed by atoms with Gasteiger partial charge in [-0.1, -0.05) is 6.92 Å². The minimum Gasteiger partial charge on any atom is -0.493 e. The zero-order chi connectivity index (χ0) is 13.0. The molecule has 0 saturated carbocycles. The molecule has 2 aromatic heterocycles.